The number of nitrogens with one attached hydrogen (secondary N) is 1. The van der Waals surface area contributed by atoms with E-state index in [2.05, 4.69) is 16.5 Å². The highest BCUT2D eigenvalue weighted by Crippen LogP contribution is 2.37. The number of halogens is 3. The second-order valence-electron chi connectivity index (χ2n) is 7.47. The van der Waals surface area contributed by atoms with Crippen molar-refractivity contribution in [2.75, 3.05) is 18.0 Å². The Morgan fingerprint density at radius 3 is 2.81 bits per heavy atom. The van der Waals surface area contributed by atoms with Crippen molar-refractivity contribution >= 4 is 11.7 Å². The summed E-state index contributed by atoms with van der Waals surface area (Å²) in [6.07, 6.45) is 0.996. The number of nitrogens with zero attached hydrogens (tertiary/aromatic N) is 4. The Hall–Kier alpha value is -2.50. The van der Waals surface area contributed by atoms with E-state index in [0.717, 1.165) is 25.3 Å². The molecule has 0 spiro atoms. The van der Waals surface area contributed by atoms with Gasteiger partial charge in [-0.05, 0) is 37.8 Å². The standard InChI is InChI=1S/C18H20F3N5O/c19-18(20,21)15-2-1-3-16(24-15)25-7-6-11(9-25)17(27)23-13-8-12-4-5-14(13)26(12)10-22/h1-3,11-14H,4-9H2,(H,23,27)/t11?,12?,13-,14-/m1/s1. The third kappa shape index (κ3) is 3.29. The van der Waals surface area contributed by atoms with Gasteiger partial charge in [0.05, 0.1) is 18.0 Å². The Bertz CT molecular complexity index is 777. The number of nitriles is 1. The molecule has 0 aromatic carbocycles. The molecule has 1 N–H and O–H groups in total. The van der Waals surface area contributed by atoms with Gasteiger partial charge in [0.1, 0.15) is 11.5 Å². The van der Waals surface area contributed by atoms with Crippen molar-refractivity contribution in [2.24, 2.45) is 5.92 Å². The van der Waals surface area contributed by atoms with E-state index >= 15 is 0 Å². The molecule has 3 aliphatic heterocycles. The largest absolute Gasteiger partial charge is 0.433 e. The van der Waals surface area contributed by atoms with E-state index in [0.29, 0.717) is 19.5 Å². The summed E-state index contributed by atoms with van der Waals surface area (Å²) in [7, 11) is 0. The van der Waals surface area contributed by atoms with Gasteiger partial charge >= 0.3 is 6.18 Å². The number of hydrogen-bond acceptors (Lipinski definition) is 5. The van der Waals surface area contributed by atoms with Crippen LogP contribution in [0, 0.1) is 17.4 Å². The second-order valence-corrected chi connectivity index (χ2v) is 7.47. The Morgan fingerprint density at radius 2 is 2.11 bits per heavy atom. The van der Waals surface area contributed by atoms with Crippen LogP contribution in [0.1, 0.15) is 31.4 Å². The summed E-state index contributed by atoms with van der Waals surface area (Å²) in [5.41, 5.74) is -0.925. The van der Waals surface area contributed by atoms with E-state index in [1.165, 1.54) is 12.1 Å². The number of rotatable bonds is 3. The molecule has 9 heteroatoms. The number of aromatic nitrogens is 1. The molecule has 3 aliphatic rings. The number of fused-ring (bicyclic) bond motifs is 2. The predicted molar refractivity (Wildman–Crippen MR) is 90.4 cm³/mol. The molecule has 144 valence electrons. The molecule has 6 nitrogen and oxygen atoms in total. The molecule has 1 aromatic heterocycles. The Labute approximate surface area is 154 Å². The molecular formula is C18H20F3N5O. The molecule has 2 bridgehead atoms. The van der Waals surface area contributed by atoms with Crippen LogP contribution in [0.15, 0.2) is 18.2 Å². The average molecular weight is 379 g/mol. The van der Waals surface area contributed by atoms with Crippen molar-refractivity contribution < 1.29 is 18.0 Å². The molecule has 4 rings (SSSR count). The van der Waals surface area contributed by atoms with Crippen LogP contribution in [0.5, 0.6) is 0 Å². The highest BCUT2D eigenvalue weighted by Gasteiger charge is 2.47. The van der Waals surface area contributed by atoms with Gasteiger partial charge in [-0.2, -0.15) is 18.4 Å². The van der Waals surface area contributed by atoms with Crippen molar-refractivity contribution in [3.8, 4) is 6.19 Å². The van der Waals surface area contributed by atoms with Crippen LogP contribution in [0.25, 0.3) is 0 Å². The van der Waals surface area contributed by atoms with E-state index in [1.807, 2.05) is 0 Å². The zero-order valence-corrected chi connectivity index (χ0v) is 14.6. The van der Waals surface area contributed by atoms with Gasteiger partial charge in [0.15, 0.2) is 6.19 Å². The molecule has 0 saturated carbocycles. The molecule has 0 aliphatic carbocycles. The fraction of sp³-hybridized carbons (Fsp3) is 0.611. The van der Waals surface area contributed by atoms with Gasteiger partial charge in [-0.3, -0.25) is 4.79 Å². The number of anilines is 1. The quantitative estimate of drug-likeness (QED) is 0.815. The van der Waals surface area contributed by atoms with E-state index < -0.39 is 11.9 Å². The summed E-state index contributed by atoms with van der Waals surface area (Å²) in [6.45, 7) is 0.844. The molecule has 3 fully saturated rings. The lowest BCUT2D eigenvalue weighted by Crippen LogP contribution is -2.46. The first-order valence-corrected chi connectivity index (χ1v) is 9.14. The maximum absolute atomic E-state index is 12.8. The molecule has 4 heterocycles. The molecule has 2 unspecified atom stereocenters. The van der Waals surface area contributed by atoms with Gasteiger partial charge in [0.2, 0.25) is 5.91 Å². The number of pyridine rings is 1. The van der Waals surface area contributed by atoms with Crippen LogP contribution in [0.3, 0.4) is 0 Å². The van der Waals surface area contributed by atoms with Gasteiger partial charge in [-0.15, -0.1) is 0 Å². The predicted octanol–water partition coefficient (Wildman–Crippen LogP) is 2.13. The van der Waals surface area contributed by atoms with Crippen LogP contribution in [-0.4, -0.2) is 47.0 Å². The first-order valence-electron chi connectivity index (χ1n) is 9.14. The fourth-order valence-corrected chi connectivity index (χ4v) is 4.54. The minimum absolute atomic E-state index is 0.0170. The first-order chi connectivity index (χ1) is 12.9. The highest BCUT2D eigenvalue weighted by molar-refractivity contribution is 5.80. The molecule has 1 amide bonds. The number of alkyl halides is 3. The van der Waals surface area contributed by atoms with Crippen molar-refractivity contribution in [3.05, 3.63) is 23.9 Å². The smallest absolute Gasteiger partial charge is 0.356 e. The van der Waals surface area contributed by atoms with Gasteiger partial charge in [0, 0.05) is 19.1 Å². The Morgan fingerprint density at radius 1 is 1.30 bits per heavy atom. The second kappa shape index (κ2) is 6.59. The molecule has 1 aromatic rings. The van der Waals surface area contributed by atoms with Gasteiger partial charge in [-0.25, -0.2) is 4.98 Å². The van der Waals surface area contributed by atoms with Crippen molar-refractivity contribution in [3.63, 3.8) is 0 Å². The highest BCUT2D eigenvalue weighted by atomic mass is 19.4. The maximum atomic E-state index is 12.8. The number of hydrogen-bond donors (Lipinski definition) is 1. The third-order valence-electron chi connectivity index (χ3n) is 5.89. The molecule has 4 atom stereocenters. The number of carbonyl (C=O) groups is 1. The third-order valence-corrected chi connectivity index (χ3v) is 5.89. The van der Waals surface area contributed by atoms with Gasteiger partial charge < -0.3 is 15.1 Å². The lowest BCUT2D eigenvalue weighted by Gasteiger charge is -2.24. The lowest BCUT2D eigenvalue weighted by atomic mass is 9.95. The number of carbonyl (C=O) groups excluding carboxylic acids is 1. The van der Waals surface area contributed by atoms with Crippen LogP contribution in [0.2, 0.25) is 0 Å². The monoisotopic (exact) mass is 379 g/mol. The molecule has 0 radical (unpaired) electrons. The zero-order valence-electron chi connectivity index (χ0n) is 14.6. The number of amides is 1. The van der Waals surface area contributed by atoms with Crippen LogP contribution < -0.4 is 10.2 Å². The minimum Gasteiger partial charge on any atom is -0.356 e. The topological polar surface area (TPSA) is 72.3 Å². The van der Waals surface area contributed by atoms with Gasteiger partial charge in [0.25, 0.3) is 0 Å². The van der Waals surface area contributed by atoms with Crippen molar-refractivity contribution in [1.82, 2.24) is 15.2 Å². The van der Waals surface area contributed by atoms with Crippen LogP contribution in [0.4, 0.5) is 19.0 Å². The summed E-state index contributed by atoms with van der Waals surface area (Å²) >= 11 is 0. The molecule has 3 saturated heterocycles. The van der Waals surface area contributed by atoms with E-state index in [1.54, 1.807) is 9.80 Å². The SMILES string of the molecule is N#CN1C2CC[C@@H]1[C@H](NC(=O)C1CCN(c3cccc(C(F)(F)F)n3)C1)C2. The molecular weight excluding hydrogens is 359 g/mol. The van der Waals surface area contributed by atoms with Crippen LogP contribution in [-0.2, 0) is 11.0 Å². The van der Waals surface area contributed by atoms with E-state index in [4.69, 9.17) is 0 Å². The average Bonchev–Trinajstić information content (AvgIpc) is 3.35. The molecule has 27 heavy (non-hydrogen) atoms. The Balaban J connectivity index is 1.37. The summed E-state index contributed by atoms with van der Waals surface area (Å²) in [6, 6.07) is 4.10. The summed E-state index contributed by atoms with van der Waals surface area (Å²) in [5, 5.41) is 12.3. The Kier molecular flexibility index (Phi) is 4.36. The normalized spacial score (nSPS) is 29.9. The lowest BCUT2D eigenvalue weighted by molar-refractivity contribution is -0.141. The zero-order chi connectivity index (χ0) is 19.2. The van der Waals surface area contributed by atoms with E-state index in [9.17, 15) is 23.2 Å². The van der Waals surface area contributed by atoms with Crippen molar-refractivity contribution in [1.29, 1.82) is 5.26 Å². The fourth-order valence-electron chi connectivity index (χ4n) is 4.54. The summed E-state index contributed by atoms with van der Waals surface area (Å²) < 4.78 is 38.5. The summed E-state index contributed by atoms with van der Waals surface area (Å²) in [5.74, 6) is -0.119. The first kappa shape index (κ1) is 17.9. The summed E-state index contributed by atoms with van der Waals surface area (Å²) in [4.78, 5) is 19.9. The van der Waals surface area contributed by atoms with Crippen LogP contribution >= 0.6 is 0 Å². The van der Waals surface area contributed by atoms with Gasteiger partial charge in [-0.1, -0.05) is 6.07 Å². The maximum Gasteiger partial charge on any atom is 0.433 e. The van der Waals surface area contributed by atoms with Crippen molar-refractivity contribution in [2.45, 2.75) is 50.0 Å². The minimum atomic E-state index is -4.49. The van der Waals surface area contributed by atoms with E-state index in [-0.39, 0.29) is 35.8 Å².